The highest BCUT2D eigenvalue weighted by Gasteiger charge is 2.24. The van der Waals surface area contributed by atoms with Gasteiger partial charge in [0.25, 0.3) is 0 Å². The normalized spacial score (nSPS) is 16.8. The lowest BCUT2D eigenvalue weighted by atomic mass is 10.0. The zero-order valence-electron chi connectivity index (χ0n) is 12.8. The van der Waals surface area contributed by atoms with Crippen molar-refractivity contribution < 1.29 is 14.3 Å². The van der Waals surface area contributed by atoms with Crippen LogP contribution >= 0.6 is 0 Å². The molecule has 0 unspecified atom stereocenters. The van der Waals surface area contributed by atoms with Crippen molar-refractivity contribution in [3.05, 3.63) is 36.0 Å². The van der Waals surface area contributed by atoms with Gasteiger partial charge in [0.15, 0.2) is 6.10 Å². The van der Waals surface area contributed by atoms with E-state index in [1.54, 1.807) is 13.1 Å². The molecule has 4 nitrogen and oxygen atoms in total. The largest absolute Gasteiger partial charge is 0.454 e. The van der Waals surface area contributed by atoms with Gasteiger partial charge in [-0.2, -0.15) is 0 Å². The number of carbonyl (C=O) groups excluding carboxylic acids is 2. The molecule has 1 N–H and O–H groups in total. The summed E-state index contributed by atoms with van der Waals surface area (Å²) in [5.74, 6) is 0.0210. The zero-order chi connectivity index (χ0) is 15.5. The average Bonchev–Trinajstić information content (AvgIpc) is 3.15. The van der Waals surface area contributed by atoms with E-state index in [0.29, 0.717) is 17.9 Å². The van der Waals surface area contributed by atoms with Gasteiger partial charge in [0.2, 0.25) is 5.78 Å². The number of ketones is 1. The van der Waals surface area contributed by atoms with Crippen LogP contribution < -0.4 is 0 Å². The Hall–Kier alpha value is -2.10. The third-order valence-corrected chi connectivity index (χ3v) is 4.46. The molecule has 1 heterocycles. The van der Waals surface area contributed by atoms with Gasteiger partial charge in [-0.1, -0.05) is 31.0 Å². The number of rotatable bonds is 5. The second-order valence-corrected chi connectivity index (χ2v) is 6.10. The quantitative estimate of drug-likeness (QED) is 0.673. The predicted molar refractivity (Wildman–Crippen MR) is 84.8 cm³/mol. The molecule has 116 valence electrons. The maximum atomic E-state index is 12.5. The van der Waals surface area contributed by atoms with E-state index >= 15 is 0 Å². The van der Waals surface area contributed by atoms with Crippen LogP contribution in [0.1, 0.15) is 49.4 Å². The molecular formula is C18H21NO3. The molecule has 1 saturated carbocycles. The third kappa shape index (κ3) is 3.06. The van der Waals surface area contributed by atoms with E-state index in [1.165, 1.54) is 12.8 Å². The van der Waals surface area contributed by atoms with Gasteiger partial charge in [-0.25, -0.2) is 0 Å². The minimum Gasteiger partial charge on any atom is -0.454 e. The first-order valence-electron chi connectivity index (χ1n) is 7.95. The van der Waals surface area contributed by atoms with Crippen molar-refractivity contribution in [2.24, 2.45) is 5.92 Å². The Morgan fingerprint density at radius 2 is 2.00 bits per heavy atom. The molecule has 2 aromatic rings. The summed E-state index contributed by atoms with van der Waals surface area (Å²) in [4.78, 5) is 27.5. The minimum absolute atomic E-state index is 0.155. The summed E-state index contributed by atoms with van der Waals surface area (Å²) in [5.41, 5.74) is 1.49. The van der Waals surface area contributed by atoms with Crippen molar-refractivity contribution in [3.63, 3.8) is 0 Å². The summed E-state index contributed by atoms with van der Waals surface area (Å²) in [5, 5.41) is 0.867. The predicted octanol–water partition coefficient (Wildman–Crippen LogP) is 3.86. The molecule has 0 spiro atoms. The zero-order valence-corrected chi connectivity index (χ0v) is 12.8. The van der Waals surface area contributed by atoms with Gasteiger partial charge in [0, 0.05) is 29.1 Å². The fourth-order valence-electron chi connectivity index (χ4n) is 3.24. The van der Waals surface area contributed by atoms with E-state index in [4.69, 9.17) is 4.74 Å². The van der Waals surface area contributed by atoms with Crippen LogP contribution in [0, 0.1) is 5.92 Å². The van der Waals surface area contributed by atoms with Crippen LogP contribution in [0.5, 0.6) is 0 Å². The second-order valence-electron chi connectivity index (χ2n) is 6.10. The molecule has 0 bridgehead atoms. The molecule has 1 aromatic heterocycles. The highest BCUT2D eigenvalue weighted by atomic mass is 16.5. The number of aromatic amines is 1. The van der Waals surface area contributed by atoms with Crippen LogP contribution in [0.25, 0.3) is 10.9 Å². The van der Waals surface area contributed by atoms with Crippen LogP contribution in [0.3, 0.4) is 0 Å². The molecule has 22 heavy (non-hydrogen) atoms. The molecule has 4 heteroatoms. The summed E-state index contributed by atoms with van der Waals surface area (Å²) in [7, 11) is 0. The molecule has 1 aromatic carbocycles. The van der Waals surface area contributed by atoms with Crippen molar-refractivity contribution in [2.45, 2.75) is 45.1 Å². The Morgan fingerprint density at radius 3 is 2.77 bits per heavy atom. The van der Waals surface area contributed by atoms with E-state index in [-0.39, 0.29) is 11.8 Å². The number of esters is 1. The Bertz CT molecular complexity index is 682. The summed E-state index contributed by atoms with van der Waals surface area (Å²) in [6.07, 6.45) is 5.97. The van der Waals surface area contributed by atoms with Crippen molar-refractivity contribution in [1.29, 1.82) is 0 Å². The summed E-state index contributed by atoms with van der Waals surface area (Å²) in [6.45, 7) is 1.65. The number of para-hydroxylation sites is 1. The number of Topliss-reactive ketones (excluding diaryl/α,β-unsaturated/α-hetero) is 1. The maximum Gasteiger partial charge on any atom is 0.306 e. The first kappa shape index (κ1) is 14.8. The highest BCUT2D eigenvalue weighted by Crippen LogP contribution is 2.28. The topological polar surface area (TPSA) is 59.2 Å². The second kappa shape index (κ2) is 6.34. The number of H-pyrrole nitrogens is 1. The molecule has 0 aliphatic heterocycles. The Balaban J connectivity index is 1.65. The third-order valence-electron chi connectivity index (χ3n) is 4.46. The fraction of sp³-hybridized carbons (Fsp3) is 0.444. The van der Waals surface area contributed by atoms with Crippen LogP contribution in [0.15, 0.2) is 30.5 Å². The molecule has 0 radical (unpaired) electrons. The smallest absolute Gasteiger partial charge is 0.306 e. The number of fused-ring (bicyclic) bond motifs is 1. The van der Waals surface area contributed by atoms with Crippen molar-refractivity contribution in [3.8, 4) is 0 Å². The van der Waals surface area contributed by atoms with Crippen LogP contribution in [-0.2, 0) is 9.53 Å². The van der Waals surface area contributed by atoms with E-state index in [9.17, 15) is 9.59 Å². The SMILES string of the molecule is C[C@@H](OC(=O)CC1CCCC1)C(=O)c1c[nH]c2ccccc12. The standard InChI is InChI=1S/C18H21NO3/c1-12(22-17(20)10-13-6-2-3-7-13)18(21)15-11-19-16-9-5-4-8-14(15)16/h4-5,8-9,11-13,19H,2-3,6-7,10H2,1H3/t12-/m1/s1. The molecule has 1 aliphatic carbocycles. The van der Waals surface area contributed by atoms with Crippen molar-refractivity contribution >= 4 is 22.7 Å². The van der Waals surface area contributed by atoms with Gasteiger partial charge in [-0.15, -0.1) is 0 Å². The lowest BCUT2D eigenvalue weighted by molar-refractivity contribution is -0.147. The number of ether oxygens (including phenoxy) is 1. The highest BCUT2D eigenvalue weighted by molar-refractivity contribution is 6.10. The monoisotopic (exact) mass is 299 g/mol. The number of aromatic nitrogens is 1. The molecule has 0 saturated heterocycles. The Labute approximate surface area is 129 Å². The van der Waals surface area contributed by atoms with E-state index in [1.807, 2.05) is 24.3 Å². The number of benzene rings is 1. The fourth-order valence-corrected chi connectivity index (χ4v) is 3.24. The number of carbonyl (C=O) groups is 2. The Kier molecular flexibility index (Phi) is 4.27. The maximum absolute atomic E-state index is 12.5. The van der Waals surface area contributed by atoms with Crippen LogP contribution in [0.2, 0.25) is 0 Å². The van der Waals surface area contributed by atoms with Crippen molar-refractivity contribution in [2.75, 3.05) is 0 Å². The number of nitrogens with one attached hydrogen (secondary N) is 1. The summed E-state index contributed by atoms with van der Waals surface area (Å²) in [6, 6.07) is 7.62. The number of hydrogen-bond acceptors (Lipinski definition) is 3. The summed E-state index contributed by atoms with van der Waals surface area (Å²) < 4.78 is 5.34. The molecule has 1 atom stereocenters. The van der Waals surface area contributed by atoms with Gasteiger partial charge in [-0.3, -0.25) is 9.59 Å². The molecule has 0 amide bonds. The van der Waals surface area contributed by atoms with Crippen molar-refractivity contribution in [1.82, 2.24) is 4.98 Å². The lowest BCUT2D eigenvalue weighted by Gasteiger charge is -2.14. The van der Waals surface area contributed by atoms with Gasteiger partial charge in [0.05, 0.1) is 0 Å². The summed E-state index contributed by atoms with van der Waals surface area (Å²) >= 11 is 0. The Morgan fingerprint density at radius 1 is 1.27 bits per heavy atom. The molecule has 1 fully saturated rings. The van der Waals surface area contributed by atoms with Gasteiger partial charge >= 0.3 is 5.97 Å². The van der Waals surface area contributed by atoms with Gasteiger partial charge in [0.1, 0.15) is 0 Å². The first-order valence-corrected chi connectivity index (χ1v) is 7.95. The van der Waals surface area contributed by atoms with E-state index in [2.05, 4.69) is 4.98 Å². The minimum atomic E-state index is -0.742. The van der Waals surface area contributed by atoms with E-state index in [0.717, 1.165) is 23.7 Å². The van der Waals surface area contributed by atoms with Gasteiger partial charge in [-0.05, 0) is 31.7 Å². The average molecular weight is 299 g/mol. The van der Waals surface area contributed by atoms with E-state index < -0.39 is 6.10 Å². The number of hydrogen-bond donors (Lipinski definition) is 1. The molecule has 1 aliphatic rings. The molecule has 3 rings (SSSR count). The first-order chi connectivity index (χ1) is 10.6. The van der Waals surface area contributed by atoms with Crippen LogP contribution in [-0.4, -0.2) is 22.8 Å². The lowest BCUT2D eigenvalue weighted by Crippen LogP contribution is -2.25. The van der Waals surface area contributed by atoms with Gasteiger partial charge < -0.3 is 9.72 Å². The van der Waals surface area contributed by atoms with Crippen LogP contribution in [0.4, 0.5) is 0 Å². The molecular weight excluding hydrogens is 278 g/mol.